The highest BCUT2D eigenvalue weighted by Gasteiger charge is 1.93. The Morgan fingerprint density at radius 1 is 1.19 bits per heavy atom. The van der Waals surface area contributed by atoms with Gasteiger partial charge in [-0.25, -0.2) is 0 Å². The summed E-state index contributed by atoms with van der Waals surface area (Å²) in [5, 5.41) is 11.0. The van der Waals surface area contributed by atoms with Crippen LogP contribution in [0.4, 0.5) is 0 Å². The predicted octanol–water partition coefficient (Wildman–Crippen LogP) is 0.853. The molecule has 0 saturated heterocycles. The standard InChI is InChI=1S/C11H15N5/c1(8-16-9-7-14-15-16)4-13-10-11-2-5-12-6-3-11/h2-3,5-7,9,13H,1,4,8,10H2. The van der Waals surface area contributed by atoms with E-state index in [2.05, 4.69) is 20.6 Å². The molecule has 0 atom stereocenters. The maximum Gasteiger partial charge on any atom is 0.0692 e. The molecule has 0 aliphatic carbocycles. The van der Waals surface area contributed by atoms with Crippen molar-refractivity contribution in [2.45, 2.75) is 19.5 Å². The second kappa shape index (κ2) is 5.97. The number of aryl methyl sites for hydroxylation is 1. The Kier molecular flexibility index (Phi) is 4.01. The normalized spacial score (nSPS) is 10.5. The van der Waals surface area contributed by atoms with E-state index in [1.165, 1.54) is 5.56 Å². The summed E-state index contributed by atoms with van der Waals surface area (Å²) in [6, 6.07) is 4.04. The van der Waals surface area contributed by atoms with E-state index in [4.69, 9.17) is 0 Å². The Hall–Kier alpha value is -1.75. The first-order valence-corrected chi connectivity index (χ1v) is 5.39. The molecule has 1 N–H and O–H groups in total. The van der Waals surface area contributed by atoms with Crippen LogP contribution in [0.25, 0.3) is 0 Å². The van der Waals surface area contributed by atoms with E-state index < -0.39 is 0 Å². The third-order valence-electron chi connectivity index (χ3n) is 2.29. The molecule has 0 amide bonds. The van der Waals surface area contributed by atoms with Crippen molar-refractivity contribution in [1.29, 1.82) is 0 Å². The van der Waals surface area contributed by atoms with E-state index in [0.717, 1.165) is 26.1 Å². The van der Waals surface area contributed by atoms with Crippen molar-refractivity contribution >= 4 is 0 Å². The first-order valence-electron chi connectivity index (χ1n) is 5.39. The van der Waals surface area contributed by atoms with Crippen LogP contribution in [0.15, 0.2) is 36.9 Å². The van der Waals surface area contributed by atoms with Crippen molar-refractivity contribution in [1.82, 2.24) is 25.3 Å². The van der Waals surface area contributed by atoms with Gasteiger partial charge in [-0.1, -0.05) is 5.21 Å². The van der Waals surface area contributed by atoms with Gasteiger partial charge in [-0.3, -0.25) is 9.67 Å². The Labute approximate surface area is 94.5 Å². The quantitative estimate of drug-likeness (QED) is 0.729. The molecule has 16 heavy (non-hydrogen) atoms. The SMILES string of the molecule is c1cc(CNCCCn2ccnn2)ccn1. The minimum absolute atomic E-state index is 0.889. The van der Waals surface area contributed by atoms with Crippen LogP contribution in [0.5, 0.6) is 0 Å². The summed E-state index contributed by atoms with van der Waals surface area (Å²) in [4.78, 5) is 3.98. The Bertz CT molecular complexity index is 384. The van der Waals surface area contributed by atoms with Crippen LogP contribution >= 0.6 is 0 Å². The molecule has 0 aliphatic heterocycles. The summed E-state index contributed by atoms with van der Waals surface area (Å²) >= 11 is 0. The van der Waals surface area contributed by atoms with Crippen LogP contribution in [0.2, 0.25) is 0 Å². The monoisotopic (exact) mass is 217 g/mol. The van der Waals surface area contributed by atoms with Crippen molar-refractivity contribution < 1.29 is 0 Å². The minimum atomic E-state index is 0.889. The highest BCUT2D eigenvalue weighted by molar-refractivity contribution is 5.08. The van der Waals surface area contributed by atoms with Gasteiger partial charge in [-0.2, -0.15) is 0 Å². The first-order chi connectivity index (χ1) is 7.95. The van der Waals surface area contributed by atoms with Crippen LogP contribution in [-0.2, 0) is 13.1 Å². The van der Waals surface area contributed by atoms with Gasteiger partial charge in [0, 0.05) is 31.7 Å². The van der Waals surface area contributed by atoms with Crippen LogP contribution in [-0.4, -0.2) is 26.5 Å². The highest BCUT2D eigenvalue weighted by Crippen LogP contribution is 1.95. The fourth-order valence-corrected chi connectivity index (χ4v) is 1.45. The van der Waals surface area contributed by atoms with Gasteiger partial charge in [-0.15, -0.1) is 5.10 Å². The second-order valence-electron chi connectivity index (χ2n) is 3.55. The third kappa shape index (κ3) is 3.43. The average molecular weight is 217 g/mol. The van der Waals surface area contributed by atoms with Crippen LogP contribution in [0.1, 0.15) is 12.0 Å². The molecule has 5 nitrogen and oxygen atoms in total. The number of pyridine rings is 1. The molecule has 5 heteroatoms. The van der Waals surface area contributed by atoms with Gasteiger partial charge in [0.25, 0.3) is 0 Å². The zero-order valence-electron chi connectivity index (χ0n) is 9.08. The lowest BCUT2D eigenvalue weighted by atomic mass is 10.2. The molecule has 0 unspecified atom stereocenters. The largest absolute Gasteiger partial charge is 0.313 e. The zero-order valence-corrected chi connectivity index (χ0v) is 9.08. The molecule has 0 saturated carbocycles. The summed E-state index contributed by atoms with van der Waals surface area (Å²) < 4.78 is 1.84. The van der Waals surface area contributed by atoms with Gasteiger partial charge < -0.3 is 5.32 Å². The van der Waals surface area contributed by atoms with Gasteiger partial charge in [-0.05, 0) is 30.7 Å². The van der Waals surface area contributed by atoms with E-state index in [-0.39, 0.29) is 0 Å². The van der Waals surface area contributed by atoms with Crippen LogP contribution in [0, 0.1) is 0 Å². The molecule has 0 spiro atoms. The number of rotatable bonds is 6. The Morgan fingerprint density at radius 2 is 2.06 bits per heavy atom. The van der Waals surface area contributed by atoms with E-state index in [1.807, 2.05) is 35.4 Å². The van der Waals surface area contributed by atoms with E-state index in [9.17, 15) is 0 Å². The zero-order chi connectivity index (χ0) is 11.1. The van der Waals surface area contributed by atoms with E-state index in [0.29, 0.717) is 0 Å². The van der Waals surface area contributed by atoms with E-state index in [1.54, 1.807) is 6.20 Å². The van der Waals surface area contributed by atoms with Gasteiger partial charge in [0.1, 0.15) is 0 Å². The lowest BCUT2D eigenvalue weighted by Gasteiger charge is -2.04. The number of nitrogens with one attached hydrogen (secondary N) is 1. The highest BCUT2D eigenvalue weighted by atomic mass is 15.4. The molecule has 0 fully saturated rings. The molecular weight excluding hydrogens is 202 g/mol. The van der Waals surface area contributed by atoms with Crippen LogP contribution < -0.4 is 5.32 Å². The van der Waals surface area contributed by atoms with Gasteiger partial charge in [0.05, 0.1) is 6.20 Å². The molecule has 2 heterocycles. The molecule has 0 radical (unpaired) electrons. The molecule has 2 rings (SSSR count). The molecule has 0 bridgehead atoms. The fraction of sp³-hybridized carbons (Fsp3) is 0.364. The summed E-state index contributed by atoms with van der Waals surface area (Å²) in [5.41, 5.74) is 1.26. The lowest BCUT2D eigenvalue weighted by Crippen LogP contribution is -2.16. The van der Waals surface area contributed by atoms with Crippen molar-refractivity contribution in [3.05, 3.63) is 42.5 Å². The molecule has 2 aromatic rings. The van der Waals surface area contributed by atoms with Crippen molar-refractivity contribution in [2.24, 2.45) is 0 Å². The molecule has 0 aliphatic rings. The summed E-state index contributed by atoms with van der Waals surface area (Å²) in [7, 11) is 0. The summed E-state index contributed by atoms with van der Waals surface area (Å²) in [5.74, 6) is 0. The lowest BCUT2D eigenvalue weighted by molar-refractivity contribution is 0.530. The summed E-state index contributed by atoms with van der Waals surface area (Å²) in [6.45, 7) is 2.77. The van der Waals surface area contributed by atoms with Crippen molar-refractivity contribution in [2.75, 3.05) is 6.54 Å². The number of hydrogen-bond acceptors (Lipinski definition) is 4. The smallest absolute Gasteiger partial charge is 0.0692 e. The van der Waals surface area contributed by atoms with Crippen molar-refractivity contribution in [3.63, 3.8) is 0 Å². The fourth-order valence-electron chi connectivity index (χ4n) is 1.45. The molecule has 84 valence electrons. The van der Waals surface area contributed by atoms with E-state index >= 15 is 0 Å². The Balaban J connectivity index is 1.59. The maximum absolute atomic E-state index is 3.98. The minimum Gasteiger partial charge on any atom is -0.313 e. The van der Waals surface area contributed by atoms with Gasteiger partial charge in [0.2, 0.25) is 0 Å². The number of aromatic nitrogens is 4. The number of nitrogens with zero attached hydrogens (tertiary/aromatic N) is 4. The molecule has 2 aromatic heterocycles. The number of hydrogen-bond donors (Lipinski definition) is 1. The second-order valence-corrected chi connectivity index (χ2v) is 3.55. The third-order valence-corrected chi connectivity index (χ3v) is 2.29. The van der Waals surface area contributed by atoms with Crippen molar-refractivity contribution in [3.8, 4) is 0 Å². The topological polar surface area (TPSA) is 55.6 Å². The Morgan fingerprint density at radius 3 is 2.81 bits per heavy atom. The molecule has 0 aromatic carbocycles. The summed E-state index contributed by atoms with van der Waals surface area (Å²) in [6.07, 6.45) is 8.25. The molecular formula is C11H15N5. The maximum atomic E-state index is 3.98. The van der Waals surface area contributed by atoms with Crippen LogP contribution in [0.3, 0.4) is 0 Å². The average Bonchev–Trinajstić information content (AvgIpc) is 2.83. The van der Waals surface area contributed by atoms with Gasteiger partial charge in [0.15, 0.2) is 0 Å². The first kappa shape index (κ1) is 10.8. The van der Waals surface area contributed by atoms with Gasteiger partial charge >= 0.3 is 0 Å². The predicted molar refractivity (Wildman–Crippen MR) is 60.6 cm³/mol.